The van der Waals surface area contributed by atoms with Gasteiger partial charge in [-0.1, -0.05) is 37.1 Å². The molecule has 1 aliphatic rings. The number of quaternary nitrogens is 1. The summed E-state index contributed by atoms with van der Waals surface area (Å²) in [7, 11) is 3.34. The van der Waals surface area contributed by atoms with Crippen molar-refractivity contribution in [2.45, 2.75) is 48.4 Å². The van der Waals surface area contributed by atoms with Gasteiger partial charge in [-0.05, 0) is 43.2 Å². The topological polar surface area (TPSA) is 24.8 Å². The molecular weight excluding hydrogens is 444 g/mol. The molecule has 148 valence electrons. The summed E-state index contributed by atoms with van der Waals surface area (Å²) < 4.78 is 13.0. The van der Waals surface area contributed by atoms with Crippen molar-refractivity contribution < 1.29 is 26.1 Å². The number of rotatable bonds is 7. The molecule has 0 radical (unpaired) electrons. The van der Waals surface area contributed by atoms with E-state index < -0.39 is 10.8 Å². The fourth-order valence-electron chi connectivity index (χ4n) is 3.75. The van der Waals surface area contributed by atoms with Gasteiger partial charge in [0.15, 0.2) is 0 Å². The minimum Gasteiger partial charge on any atom is -1.00 e. The minimum absolute atomic E-state index is 0. The summed E-state index contributed by atoms with van der Waals surface area (Å²) in [5.74, 6) is 0. The first-order chi connectivity index (χ1) is 12.5. The lowest BCUT2D eigenvalue weighted by molar-refractivity contribution is -0.886. The van der Waals surface area contributed by atoms with Crippen LogP contribution in [0.25, 0.3) is 0 Å². The van der Waals surface area contributed by atoms with E-state index in [-0.39, 0.29) is 17.0 Å². The highest BCUT2D eigenvalue weighted by Gasteiger charge is 2.28. The average Bonchev–Trinajstić information content (AvgIpc) is 2.63. The normalized spacial score (nSPS) is 16.5. The van der Waals surface area contributed by atoms with Crippen LogP contribution >= 0.6 is 11.6 Å². The van der Waals surface area contributed by atoms with Gasteiger partial charge in [0.2, 0.25) is 0 Å². The predicted octanol–water partition coefficient (Wildman–Crippen LogP) is 1.06. The van der Waals surface area contributed by atoms with Crippen LogP contribution < -0.4 is 26.8 Å². The lowest BCUT2D eigenvalue weighted by Gasteiger charge is -2.33. The molecular formula is C21H28BrClN2OS. The third kappa shape index (κ3) is 4.94. The molecule has 1 aliphatic heterocycles. The maximum atomic E-state index is 13.0. The number of halogens is 2. The molecule has 27 heavy (non-hydrogen) atoms. The van der Waals surface area contributed by atoms with Gasteiger partial charge < -0.3 is 26.8 Å². The molecule has 0 aliphatic carbocycles. The second-order valence-corrected chi connectivity index (χ2v) is 9.06. The van der Waals surface area contributed by atoms with Crippen molar-refractivity contribution in [3.63, 3.8) is 0 Å². The Labute approximate surface area is 180 Å². The van der Waals surface area contributed by atoms with Crippen LogP contribution in [0, 0.1) is 0 Å². The molecule has 2 atom stereocenters. The lowest BCUT2D eigenvalue weighted by atomic mass is 10.0. The molecule has 3 rings (SSSR count). The van der Waals surface area contributed by atoms with Crippen LogP contribution in [0.3, 0.4) is 0 Å². The first-order valence-corrected chi connectivity index (χ1v) is 10.9. The maximum absolute atomic E-state index is 13.0. The van der Waals surface area contributed by atoms with Crippen LogP contribution in [0.2, 0.25) is 5.02 Å². The van der Waals surface area contributed by atoms with Crippen molar-refractivity contribution >= 4 is 33.8 Å². The summed E-state index contributed by atoms with van der Waals surface area (Å²) in [4.78, 5) is 5.57. The molecule has 0 aromatic heterocycles. The summed E-state index contributed by atoms with van der Waals surface area (Å²) >= 11 is 6.26. The molecule has 0 saturated heterocycles. The Morgan fingerprint density at radius 3 is 2.48 bits per heavy atom. The largest absolute Gasteiger partial charge is 1.00 e. The van der Waals surface area contributed by atoms with Crippen molar-refractivity contribution in [3.05, 3.63) is 47.5 Å². The van der Waals surface area contributed by atoms with Gasteiger partial charge in [-0.25, -0.2) is 4.21 Å². The molecule has 0 amide bonds. The molecule has 0 bridgehead atoms. The van der Waals surface area contributed by atoms with Crippen LogP contribution in [-0.2, 0) is 10.8 Å². The highest BCUT2D eigenvalue weighted by molar-refractivity contribution is 7.85. The summed E-state index contributed by atoms with van der Waals surface area (Å²) in [6.45, 7) is 3.17. The number of para-hydroxylation sites is 1. The zero-order valence-corrected chi connectivity index (χ0v) is 19.3. The summed E-state index contributed by atoms with van der Waals surface area (Å²) in [6, 6.07) is 14.4. The van der Waals surface area contributed by atoms with Gasteiger partial charge in [0.1, 0.15) is 0 Å². The summed E-state index contributed by atoms with van der Waals surface area (Å²) in [5, 5.41) is 0.687. The van der Waals surface area contributed by atoms with Gasteiger partial charge in [0.25, 0.3) is 0 Å². The molecule has 0 fully saturated rings. The van der Waals surface area contributed by atoms with Crippen molar-refractivity contribution in [1.29, 1.82) is 0 Å². The third-order valence-corrected chi connectivity index (χ3v) is 6.88. The lowest BCUT2D eigenvalue weighted by Crippen LogP contribution is -3.10. The second kappa shape index (κ2) is 10.1. The van der Waals surface area contributed by atoms with Crippen LogP contribution in [0.4, 0.5) is 11.4 Å². The van der Waals surface area contributed by atoms with Gasteiger partial charge in [-0.3, -0.25) is 0 Å². The maximum Gasteiger partial charge on any atom is 0.0892 e. The minimum atomic E-state index is -1.15. The number of nitrogens with zero attached hydrogens (tertiary/aromatic N) is 1. The number of anilines is 2. The van der Waals surface area contributed by atoms with E-state index in [0.717, 1.165) is 34.1 Å². The molecule has 0 saturated carbocycles. The highest BCUT2D eigenvalue weighted by Crippen LogP contribution is 2.42. The monoisotopic (exact) mass is 470 g/mol. The summed E-state index contributed by atoms with van der Waals surface area (Å²) in [6.07, 6.45) is 4.77. The number of hydrogen-bond donors (Lipinski definition) is 1. The van der Waals surface area contributed by atoms with Crippen molar-refractivity contribution in [3.8, 4) is 0 Å². The zero-order chi connectivity index (χ0) is 18.7. The number of fused-ring (bicyclic) bond motifs is 2. The van der Waals surface area contributed by atoms with E-state index in [1.165, 1.54) is 24.2 Å². The molecule has 1 heterocycles. The Balaban J connectivity index is 0.00000261. The van der Waals surface area contributed by atoms with Gasteiger partial charge in [-0.2, -0.15) is 0 Å². The first-order valence-electron chi connectivity index (χ1n) is 9.41. The summed E-state index contributed by atoms with van der Waals surface area (Å²) in [5.41, 5.74) is 2.03. The fraction of sp³-hybridized carbons (Fsp3) is 0.429. The molecule has 6 heteroatoms. The molecule has 2 unspecified atom stereocenters. The SMILES string of the molecule is CCCC(CCCN1c2ccccc2S(=O)c2ccc(Cl)cc21)[NH+](C)C.[Br-]. The molecule has 2 aromatic carbocycles. The van der Waals surface area contributed by atoms with Crippen LogP contribution in [0.5, 0.6) is 0 Å². The smallest absolute Gasteiger partial charge is 0.0892 e. The van der Waals surface area contributed by atoms with Crippen molar-refractivity contribution in [2.24, 2.45) is 0 Å². The quantitative estimate of drug-likeness (QED) is 0.653. The number of benzene rings is 2. The first kappa shape index (κ1) is 22.4. The van der Waals surface area contributed by atoms with Gasteiger partial charge >= 0.3 is 0 Å². The molecule has 1 N–H and O–H groups in total. The van der Waals surface area contributed by atoms with E-state index in [1.54, 1.807) is 0 Å². The van der Waals surface area contributed by atoms with E-state index in [9.17, 15) is 4.21 Å². The number of hydrogen-bond acceptors (Lipinski definition) is 2. The third-order valence-electron chi connectivity index (χ3n) is 5.16. The Morgan fingerprint density at radius 1 is 1.07 bits per heavy atom. The highest BCUT2D eigenvalue weighted by atomic mass is 79.9. The Hall–Kier alpha value is -0.880. The van der Waals surface area contributed by atoms with Gasteiger partial charge in [-0.15, -0.1) is 0 Å². The average molecular weight is 472 g/mol. The van der Waals surface area contributed by atoms with E-state index in [4.69, 9.17) is 11.6 Å². The van der Waals surface area contributed by atoms with E-state index in [0.29, 0.717) is 11.1 Å². The van der Waals surface area contributed by atoms with E-state index >= 15 is 0 Å². The zero-order valence-electron chi connectivity index (χ0n) is 16.2. The van der Waals surface area contributed by atoms with E-state index in [2.05, 4.69) is 32.0 Å². The van der Waals surface area contributed by atoms with Crippen LogP contribution in [-0.4, -0.2) is 30.9 Å². The second-order valence-electron chi connectivity index (χ2n) is 7.21. The Bertz CT molecular complexity index is 800. The molecule has 0 spiro atoms. The van der Waals surface area contributed by atoms with E-state index in [1.807, 2.05) is 36.4 Å². The fourth-order valence-corrected chi connectivity index (χ4v) is 5.27. The van der Waals surface area contributed by atoms with Crippen LogP contribution in [0.1, 0.15) is 32.6 Å². The van der Waals surface area contributed by atoms with Crippen molar-refractivity contribution in [1.82, 2.24) is 0 Å². The Kier molecular flexibility index (Phi) is 8.35. The van der Waals surface area contributed by atoms with Crippen LogP contribution in [0.15, 0.2) is 52.3 Å². The predicted molar refractivity (Wildman–Crippen MR) is 110 cm³/mol. The molecule has 3 nitrogen and oxygen atoms in total. The Morgan fingerprint density at radius 2 is 1.78 bits per heavy atom. The molecule has 2 aromatic rings. The number of nitrogens with one attached hydrogen (secondary N) is 1. The van der Waals surface area contributed by atoms with Gasteiger partial charge in [0, 0.05) is 18.0 Å². The van der Waals surface area contributed by atoms with Gasteiger partial charge in [0.05, 0.1) is 52.1 Å². The standard InChI is InChI=1S/C21H27ClN2OS.BrH/c1-4-8-17(23(2)3)9-7-14-24-18-10-5-6-11-20(18)26(25)21-13-12-16(22)15-19(21)24;/h5-6,10-13,15,17H,4,7-9,14H2,1-3H3;1H. The van der Waals surface area contributed by atoms with Crippen molar-refractivity contribution in [2.75, 3.05) is 25.5 Å².